The lowest BCUT2D eigenvalue weighted by atomic mass is 9.77. The van der Waals surface area contributed by atoms with Crippen LogP contribution < -0.4 is 21.3 Å². The molecule has 0 saturated carbocycles. The molecular formula is C62H114N6O15S. The summed E-state index contributed by atoms with van der Waals surface area (Å²) in [6.45, 7) is 19.8. The number of unbranched alkanes of at least 4 members (excludes halogenated alkanes) is 9. The summed E-state index contributed by atoms with van der Waals surface area (Å²) in [6, 6.07) is -0.582. The fourth-order valence-corrected chi connectivity index (χ4v) is 15.3. The highest BCUT2D eigenvalue weighted by atomic mass is 32.2. The van der Waals surface area contributed by atoms with Crippen LogP contribution in [0.25, 0.3) is 0 Å². The Morgan fingerprint density at radius 1 is 0.810 bits per heavy atom. The van der Waals surface area contributed by atoms with E-state index in [-0.39, 0.29) is 61.2 Å². The van der Waals surface area contributed by atoms with E-state index in [2.05, 4.69) is 26.2 Å². The minimum absolute atomic E-state index is 0.0296. The Kier molecular flexibility index (Phi) is 29.2. The number of carbonyl (C=O) groups is 4. The molecule has 5 rings (SSSR count). The van der Waals surface area contributed by atoms with Gasteiger partial charge in [0.25, 0.3) is 0 Å². The third-order valence-corrected chi connectivity index (χ3v) is 20.6. The van der Waals surface area contributed by atoms with Crippen molar-refractivity contribution in [2.75, 3.05) is 53.1 Å². The Morgan fingerprint density at radius 2 is 1.42 bits per heavy atom. The topological polar surface area (TPSA) is 279 Å². The number of nitrogens with one attached hydrogen (secondary N) is 4. The van der Waals surface area contributed by atoms with Gasteiger partial charge in [-0.05, 0) is 126 Å². The summed E-state index contributed by atoms with van der Waals surface area (Å²) in [4.78, 5) is 55.3. The van der Waals surface area contributed by atoms with Gasteiger partial charge in [0, 0.05) is 75.0 Å². The van der Waals surface area contributed by atoms with Crippen molar-refractivity contribution in [2.45, 2.75) is 299 Å². The molecule has 5 aliphatic heterocycles. The third kappa shape index (κ3) is 20.5. The maximum Gasteiger partial charge on any atom is 0.315 e. The predicted octanol–water partition coefficient (Wildman–Crippen LogP) is 5.52. The highest BCUT2D eigenvalue weighted by Crippen LogP contribution is 2.41. The molecule has 5 saturated heterocycles. The first-order valence-corrected chi connectivity index (χ1v) is 33.2. The van der Waals surface area contributed by atoms with Crippen LogP contribution in [0.5, 0.6) is 0 Å². The normalized spacial score (nSPS) is 39.2. The highest BCUT2D eigenvalue weighted by molar-refractivity contribution is 8.00. The van der Waals surface area contributed by atoms with Gasteiger partial charge in [0.15, 0.2) is 12.6 Å². The summed E-state index contributed by atoms with van der Waals surface area (Å²) < 4.78 is 38.3. The molecule has 4 amide bonds. The van der Waals surface area contributed by atoms with Crippen LogP contribution in [-0.2, 0) is 42.8 Å². The van der Waals surface area contributed by atoms with Gasteiger partial charge in [0.1, 0.15) is 30.0 Å². The molecule has 0 spiro atoms. The number of amides is 4. The van der Waals surface area contributed by atoms with Crippen molar-refractivity contribution in [3.05, 3.63) is 0 Å². The SMILES string of the molecule is CC[C@H]1OC(=O)[C@H](C)[C@@H](O[C@H]2C[C@@](C)(OC)[C@@H](O)[C@H](C)O2)[C@H](C)[C@@H](O[C@@H]2O[C@H](C)C[C@H](N(C)CCCNC(=O)CCCCCCCCCCCNC(=O)CCCC[C@H]3SC[C@H]4NC(=O)N[C@H]43)[C@H]2O)[C@](C)(O)C[C@@H](C)CN(C)[C@H](C)[C@@H](O)[C@]1(C)O. The van der Waals surface area contributed by atoms with Crippen LogP contribution in [-0.4, -0.2) is 220 Å². The number of carbonyl (C=O) groups excluding carboxylic acids is 4. The molecule has 0 radical (unpaired) electrons. The number of nitrogens with zero attached hydrogens (tertiary/aromatic N) is 2. The zero-order valence-electron chi connectivity index (χ0n) is 53.5. The number of rotatable bonds is 28. The molecule has 84 heavy (non-hydrogen) atoms. The fraction of sp³-hybridized carbons (Fsp3) is 0.935. The molecule has 0 aromatic carbocycles. The van der Waals surface area contributed by atoms with Crippen LogP contribution in [0.4, 0.5) is 4.79 Å². The van der Waals surface area contributed by atoms with Crippen molar-refractivity contribution >= 4 is 35.6 Å². The average Bonchev–Trinajstić information content (AvgIpc) is 2.43. The van der Waals surface area contributed by atoms with Gasteiger partial charge < -0.3 is 85.0 Å². The fourth-order valence-electron chi connectivity index (χ4n) is 13.7. The number of methoxy groups -OCH3 is 1. The van der Waals surface area contributed by atoms with Gasteiger partial charge in [0.2, 0.25) is 11.8 Å². The van der Waals surface area contributed by atoms with Crippen LogP contribution in [0.15, 0.2) is 0 Å². The standard InChI is InChI=1S/C62H114N6O15S/c1-14-47-62(10,77)54(72)42(6)68(12)36-38(2)34-60(8,76)56(40(4)53(41(5)57(74)81-47)82-50-35-61(9,78-13)55(73)43(7)80-50)83-58-52(71)45(33-39(3)79-58)67(11)32-26-31-64-48(69)28-22-20-18-16-15-17-19-21-25-30-63-49(70)29-24-23-27-46-51-44(37-84-46)65-59(75)66-51/h38-47,50-56,58,71-73,76-77H,14-37H2,1-13H3,(H,63,70)(H,64,69)(H2,65,66,75)/t38-,39-,40+,41-,42-,43+,44-,45+,46-,47-,50+,51-,52-,53+,54-,55+,56-,58+,60-,61-,62-/m1/s1. The van der Waals surface area contributed by atoms with Crippen LogP contribution in [0.1, 0.15) is 191 Å². The van der Waals surface area contributed by atoms with Crippen molar-refractivity contribution in [2.24, 2.45) is 17.8 Å². The number of cyclic esters (lactones) is 1. The Morgan fingerprint density at radius 3 is 2.05 bits per heavy atom. The van der Waals surface area contributed by atoms with Crippen LogP contribution in [0.2, 0.25) is 0 Å². The second-order valence-corrected chi connectivity index (χ2v) is 27.8. The number of urea groups is 1. The summed E-state index contributed by atoms with van der Waals surface area (Å²) in [7, 11) is 5.28. The lowest BCUT2D eigenvalue weighted by molar-refractivity contribution is -0.318. The molecule has 0 aliphatic carbocycles. The zero-order valence-corrected chi connectivity index (χ0v) is 54.3. The Hall–Kier alpha value is -2.45. The first kappa shape index (κ1) is 72.3. The molecule has 0 aromatic rings. The minimum atomic E-state index is -1.84. The van der Waals surface area contributed by atoms with E-state index >= 15 is 0 Å². The quantitative estimate of drug-likeness (QED) is 0.0265. The van der Waals surface area contributed by atoms with Gasteiger partial charge >= 0.3 is 12.0 Å². The van der Waals surface area contributed by atoms with Gasteiger partial charge in [-0.2, -0.15) is 11.8 Å². The molecule has 5 fully saturated rings. The van der Waals surface area contributed by atoms with E-state index in [1.807, 2.05) is 51.5 Å². The van der Waals surface area contributed by atoms with E-state index in [4.69, 9.17) is 28.4 Å². The van der Waals surface area contributed by atoms with Crippen molar-refractivity contribution < 1.29 is 73.1 Å². The number of ether oxygens (including phenoxy) is 6. The zero-order chi connectivity index (χ0) is 62.1. The third-order valence-electron chi connectivity index (χ3n) is 19.1. The Balaban J connectivity index is 1.08. The van der Waals surface area contributed by atoms with Gasteiger partial charge in [-0.3, -0.25) is 14.4 Å². The van der Waals surface area contributed by atoms with Crippen LogP contribution >= 0.6 is 11.8 Å². The summed E-state index contributed by atoms with van der Waals surface area (Å²) in [5, 5.41) is 72.3. The number of thioether (sulfide) groups is 1. The minimum Gasteiger partial charge on any atom is -0.459 e. The molecule has 0 aromatic heterocycles. The van der Waals surface area contributed by atoms with Crippen molar-refractivity contribution in [3.63, 3.8) is 0 Å². The molecule has 0 bridgehead atoms. The molecule has 22 heteroatoms. The first-order chi connectivity index (χ1) is 39.6. The van der Waals surface area contributed by atoms with E-state index < -0.39 is 102 Å². The second-order valence-electron chi connectivity index (χ2n) is 26.5. The summed E-state index contributed by atoms with van der Waals surface area (Å²) >= 11 is 1.91. The van der Waals surface area contributed by atoms with Crippen molar-refractivity contribution in [3.8, 4) is 0 Å². The number of aliphatic hydroxyl groups is 5. The molecule has 5 aliphatic rings. The van der Waals surface area contributed by atoms with Crippen LogP contribution in [0.3, 0.4) is 0 Å². The molecule has 21 atom stereocenters. The summed E-state index contributed by atoms with van der Waals surface area (Å²) in [6.07, 6.45) is 5.19. The number of fused-ring (bicyclic) bond motifs is 1. The largest absolute Gasteiger partial charge is 0.459 e. The second kappa shape index (κ2) is 33.9. The highest BCUT2D eigenvalue weighted by Gasteiger charge is 2.53. The van der Waals surface area contributed by atoms with Gasteiger partial charge in [-0.1, -0.05) is 72.1 Å². The van der Waals surface area contributed by atoms with Gasteiger partial charge in [-0.15, -0.1) is 0 Å². The maximum absolute atomic E-state index is 14.5. The Labute approximate surface area is 507 Å². The molecule has 9 N–H and O–H groups in total. The van der Waals surface area contributed by atoms with E-state index in [0.717, 1.165) is 76.5 Å². The molecule has 5 heterocycles. The lowest BCUT2D eigenvalue weighted by Gasteiger charge is -2.49. The monoisotopic (exact) mass is 1210 g/mol. The Bertz CT molecular complexity index is 2010. The molecule has 0 unspecified atom stereocenters. The number of esters is 1. The van der Waals surface area contributed by atoms with Crippen LogP contribution in [0, 0.1) is 17.8 Å². The predicted molar refractivity (Wildman–Crippen MR) is 324 cm³/mol. The first-order valence-electron chi connectivity index (χ1n) is 32.1. The van der Waals surface area contributed by atoms with E-state index in [9.17, 15) is 44.7 Å². The molecule has 21 nitrogen and oxygen atoms in total. The lowest BCUT2D eigenvalue weighted by Crippen LogP contribution is -2.61. The maximum atomic E-state index is 14.5. The van der Waals surface area contributed by atoms with E-state index in [0.29, 0.717) is 50.6 Å². The number of likely N-dealkylation sites (N-methyl/N-ethyl adjacent to an activating group) is 2. The van der Waals surface area contributed by atoms with Crippen molar-refractivity contribution in [1.29, 1.82) is 0 Å². The van der Waals surface area contributed by atoms with Gasteiger partial charge in [-0.25, -0.2) is 4.79 Å². The summed E-state index contributed by atoms with van der Waals surface area (Å²) in [5.41, 5.74) is -4.54. The van der Waals surface area contributed by atoms with E-state index in [1.54, 1.807) is 41.5 Å². The summed E-state index contributed by atoms with van der Waals surface area (Å²) in [5.74, 6) is -1.67. The van der Waals surface area contributed by atoms with E-state index in [1.165, 1.54) is 26.9 Å². The average molecular weight is 1220 g/mol. The van der Waals surface area contributed by atoms with Gasteiger partial charge in [0.05, 0.1) is 53.6 Å². The number of aliphatic hydroxyl groups excluding tert-OH is 3. The molecular weight excluding hydrogens is 1100 g/mol. The molecule has 488 valence electrons. The smallest absolute Gasteiger partial charge is 0.315 e. The number of hydrogen-bond donors (Lipinski definition) is 9. The van der Waals surface area contributed by atoms with Crippen molar-refractivity contribution in [1.82, 2.24) is 31.1 Å². The number of hydrogen-bond acceptors (Lipinski definition) is 18.